The average Bonchev–Trinajstić information content (AvgIpc) is 3.17. The molecule has 0 amide bonds. The number of fused-ring (bicyclic) bond motifs is 3. The summed E-state index contributed by atoms with van der Waals surface area (Å²) in [4.78, 5) is 28.7. The van der Waals surface area contributed by atoms with E-state index in [0.29, 0.717) is 6.42 Å². The van der Waals surface area contributed by atoms with Crippen LogP contribution in [-0.2, 0) is 16.6 Å². The van der Waals surface area contributed by atoms with Crippen LogP contribution in [0.5, 0.6) is 0 Å². The third-order valence-electron chi connectivity index (χ3n) is 6.90. The number of aromatic nitrogens is 1. The van der Waals surface area contributed by atoms with Crippen LogP contribution in [0, 0.1) is 5.41 Å². The average molecular weight is 441 g/mol. The quantitative estimate of drug-likeness (QED) is 0.568. The monoisotopic (exact) mass is 440 g/mol. The fourth-order valence-corrected chi connectivity index (χ4v) is 5.34. The van der Waals surface area contributed by atoms with Gasteiger partial charge in [0.05, 0.1) is 10.9 Å². The van der Waals surface area contributed by atoms with Crippen molar-refractivity contribution in [2.45, 2.75) is 32.1 Å². The van der Waals surface area contributed by atoms with E-state index in [1.165, 1.54) is 0 Å². The van der Waals surface area contributed by atoms with Crippen LogP contribution < -0.4 is 0 Å². The minimum absolute atomic E-state index is 0. The van der Waals surface area contributed by atoms with Crippen molar-refractivity contribution in [3.8, 4) is 0 Å². The van der Waals surface area contributed by atoms with Gasteiger partial charge in [-0.1, -0.05) is 55.5 Å². The van der Waals surface area contributed by atoms with Crippen LogP contribution in [0.2, 0.25) is 0 Å². The Kier molecular flexibility index (Phi) is 6.05. The van der Waals surface area contributed by atoms with E-state index in [1.807, 2.05) is 75.6 Å². The second kappa shape index (κ2) is 8.13. The fraction of sp³-hybridized carbons (Fsp3) is 0.360. The van der Waals surface area contributed by atoms with Crippen LogP contribution in [0.4, 0.5) is 0 Å². The number of aliphatic carboxylic acids is 1. The zero-order chi connectivity index (χ0) is 21.7. The molecule has 1 N–H and O–H groups in total. The van der Waals surface area contributed by atoms with Crippen LogP contribution in [0.15, 0.2) is 54.6 Å². The van der Waals surface area contributed by atoms with Gasteiger partial charge in [-0.05, 0) is 51.1 Å². The molecule has 31 heavy (non-hydrogen) atoms. The molecule has 2 aromatic carbocycles. The van der Waals surface area contributed by atoms with Crippen molar-refractivity contribution in [1.29, 1.82) is 0 Å². The number of carboxylic acids is 1. The maximum Gasteiger partial charge on any atom is 0.320 e. The number of hydrogen-bond acceptors (Lipinski definition) is 3. The second-order valence-corrected chi connectivity index (χ2v) is 8.59. The predicted octanol–water partition coefficient (Wildman–Crippen LogP) is 4.61. The van der Waals surface area contributed by atoms with Crippen LogP contribution in [0.1, 0.15) is 41.9 Å². The number of para-hydroxylation sites is 1. The minimum Gasteiger partial charge on any atom is -0.480 e. The Hall–Kier alpha value is -2.63. The van der Waals surface area contributed by atoms with E-state index in [4.69, 9.17) is 0 Å². The number of likely N-dealkylation sites (N-methyl/N-ethyl adjacent to an activating group) is 1. The van der Waals surface area contributed by atoms with Gasteiger partial charge in [0.15, 0.2) is 5.41 Å². The number of carboxylic acid groups (broad SMARTS) is 1. The first-order valence-electron chi connectivity index (χ1n) is 10.4. The molecule has 0 aliphatic carbocycles. The first-order valence-corrected chi connectivity index (χ1v) is 10.4. The summed E-state index contributed by atoms with van der Waals surface area (Å²) in [6, 6.07) is 17.5. The molecule has 0 bridgehead atoms. The molecular formula is C25H29ClN2O3. The molecule has 2 atom stereocenters. The molecule has 1 aromatic heterocycles. The summed E-state index contributed by atoms with van der Waals surface area (Å²) in [7, 11) is 4.05. The largest absolute Gasteiger partial charge is 0.480 e. The lowest BCUT2D eigenvalue weighted by molar-refractivity contribution is -0.147. The number of nitrogens with zero attached hydrogens (tertiary/aromatic N) is 2. The highest BCUT2D eigenvalue weighted by Gasteiger charge is 2.66. The van der Waals surface area contributed by atoms with Gasteiger partial charge in [0.2, 0.25) is 5.91 Å². The molecule has 0 fully saturated rings. The lowest BCUT2D eigenvalue weighted by Crippen LogP contribution is -2.50. The molecule has 164 valence electrons. The highest BCUT2D eigenvalue weighted by Crippen LogP contribution is 2.58. The molecule has 1 aliphatic rings. The van der Waals surface area contributed by atoms with Gasteiger partial charge < -0.3 is 10.0 Å². The molecule has 0 radical (unpaired) electrons. The minimum atomic E-state index is -1.59. The first-order chi connectivity index (χ1) is 14.3. The fourth-order valence-electron chi connectivity index (χ4n) is 5.34. The maximum atomic E-state index is 13.8. The van der Waals surface area contributed by atoms with Crippen molar-refractivity contribution in [2.75, 3.05) is 20.6 Å². The van der Waals surface area contributed by atoms with Crippen LogP contribution >= 0.6 is 12.4 Å². The summed E-state index contributed by atoms with van der Waals surface area (Å²) in [5.74, 6) is -1.44. The topological polar surface area (TPSA) is 62.5 Å². The predicted molar refractivity (Wildman–Crippen MR) is 125 cm³/mol. The van der Waals surface area contributed by atoms with Crippen LogP contribution in [0.25, 0.3) is 10.9 Å². The van der Waals surface area contributed by atoms with Crippen molar-refractivity contribution in [3.63, 3.8) is 0 Å². The van der Waals surface area contributed by atoms with E-state index in [9.17, 15) is 14.7 Å². The van der Waals surface area contributed by atoms with Gasteiger partial charge >= 0.3 is 5.97 Å². The Morgan fingerprint density at radius 1 is 1.06 bits per heavy atom. The summed E-state index contributed by atoms with van der Waals surface area (Å²) >= 11 is 0. The number of carbonyl (C=O) groups excluding carboxylic acids is 1. The van der Waals surface area contributed by atoms with Gasteiger partial charge in [-0.2, -0.15) is 0 Å². The highest BCUT2D eigenvalue weighted by atomic mass is 35.5. The van der Waals surface area contributed by atoms with E-state index >= 15 is 0 Å². The van der Waals surface area contributed by atoms with Gasteiger partial charge in [-0.3, -0.25) is 14.2 Å². The summed E-state index contributed by atoms with van der Waals surface area (Å²) in [6.45, 7) is 4.41. The lowest BCUT2D eigenvalue weighted by atomic mass is 9.58. The number of benzene rings is 2. The Morgan fingerprint density at radius 2 is 1.68 bits per heavy atom. The zero-order valence-electron chi connectivity index (χ0n) is 18.4. The summed E-state index contributed by atoms with van der Waals surface area (Å²) in [5.41, 5.74) is 1.05. The molecule has 3 aromatic rings. The van der Waals surface area contributed by atoms with E-state index in [1.54, 1.807) is 11.5 Å². The van der Waals surface area contributed by atoms with Crippen molar-refractivity contribution < 1.29 is 14.7 Å². The zero-order valence-corrected chi connectivity index (χ0v) is 19.2. The van der Waals surface area contributed by atoms with Crippen molar-refractivity contribution in [2.24, 2.45) is 5.41 Å². The number of rotatable bonds is 6. The summed E-state index contributed by atoms with van der Waals surface area (Å²) in [5, 5.41) is 11.4. The molecule has 6 heteroatoms. The molecule has 5 nitrogen and oxygen atoms in total. The highest BCUT2D eigenvalue weighted by molar-refractivity contribution is 6.13. The molecule has 2 heterocycles. The van der Waals surface area contributed by atoms with Crippen LogP contribution in [0.3, 0.4) is 0 Å². The Labute approximate surface area is 189 Å². The molecular weight excluding hydrogens is 412 g/mol. The Balaban J connectivity index is 0.00000272. The normalized spacial score (nSPS) is 22.5. The maximum absolute atomic E-state index is 13.8. The molecule has 1 aliphatic heterocycles. The van der Waals surface area contributed by atoms with E-state index in [2.05, 4.69) is 4.90 Å². The van der Waals surface area contributed by atoms with E-state index in [-0.39, 0.29) is 18.3 Å². The number of halogens is 1. The van der Waals surface area contributed by atoms with Gasteiger partial charge in [0.25, 0.3) is 0 Å². The first kappa shape index (κ1) is 23.0. The van der Waals surface area contributed by atoms with Gasteiger partial charge in [-0.25, -0.2) is 0 Å². The number of hydrogen-bond donors (Lipinski definition) is 1. The van der Waals surface area contributed by atoms with Crippen LogP contribution in [-0.4, -0.2) is 47.1 Å². The lowest BCUT2D eigenvalue weighted by Gasteiger charge is -2.39. The number of carbonyl (C=O) groups is 2. The van der Waals surface area contributed by atoms with Crippen molar-refractivity contribution in [3.05, 3.63) is 71.4 Å². The van der Waals surface area contributed by atoms with Gasteiger partial charge in [0, 0.05) is 17.6 Å². The SMILES string of the molecule is CCC1(c2ccccc2)c2c(CCN(C)C)c3ccccc3n2C(=O)C1(C)C(=O)O.Cl. The third kappa shape index (κ3) is 2.94. The summed E-state index contributed by atoms with van der Waals surface area (Å²) in [6.07, 6.45) is 1.25. The van der Waals surface area contributed by atoms with Gasteiger partial charge in [-0.15, -0.1) is 12.4 Å². The summed E-state index contributed by atoms with van der Waals surface area (Å²) < 4.78 is 1.70. The van der Waals surface area contributed by atoms with Crippen molar-refractivity contribution in [1.82, 2.24) is 9.47 Å². The molecule has 0 spiro atoms. The standard InChI is InChI=1S/C25H28N2O3.ClH/c1-5-25(17-11-7-6-8-12-17)21-19(15-16-26(3)4)18-13-9-10-14-20(18)27(21)22(28)24(25,2)23(29)30;/h6-14H,5,15-16H2,1-4H3,(H,29,30);1H. The second-order valence-electron chi connectivity index (χ2n) is 8.59. The molecule has 0 saturated carbocycles. The Morgan fingerprint density at radius 3 is 2.26 bits per heavy atom. The molecule has 2 unspecified atom stereocenters. The van der Waals surface area contributed by atoms with Gasteiger partial charge in [0.1, 0.15) is 0 Å². The smallest absolute Gasteiger partial charge is 0.320 e. The molecule has 0 saturated heterocycles. The van der Waals surface area contributed by atoms with Crippen molar-refractivity contribution >= 4 is 35.2 Å². The molecule has 4 rings (SSSR count). The Bertz CT molecular complexity index is 1140. The van der Waals surface area contributed by atoms with E-state index in [0.717, 1.165) is 40.7 Å². The third-order valence-corrected chi connectivity index (χ3v) is 6.90. The van der Waals surface area contributed by atoms with E-state index < -0.39 is 16.8 Å².